The van der Waals surface area contributed by atoms with Crippen LogP contribution in [-0.2, 0) is 6.54 Å². The molecule has 0 aromatic heterocycles. The minimum Gasteiger partial charge on any atom is -0.366 e. The highest BCUT2D eigenvalue weighted by Crippen LogP contribution is 2.29. The molecule has 2 atom stereocenters. The maximum Gasteiger partial charge on any atom is 0.249 e. The monoisotopic (exact) mass is 278 g/mol. The van der Waals surface area contributed by atoms with Crippen LogP contribution in [0.15, 0.2) is 24.3 Å². The lowest BCUT2D eigenvalue weighted by atomic mass is 10.1. The van der Waals surface area contributed by atoms with Gasteiger partial charge >= 0.3 is 0 Å². The van der Waals surface area contributed by atoms with E-state index in [1.54, 1.807) is 6.07 Å². The Bertz CT molecular complexity index is 436. The van der Waals surface area contributed by atoms with Gasteiger partial charge in [0.25, 0.3) is 0 Å². The highest BCUT2D eigenvalue weighted by atomic mass is 32.2. The Labute approximate surface area is 119 Å². The van der Waals surface area contributed by atoms with Gasteiger partial charge in [-0.15, -0.1) is 0 Å². The first-order chi connectivity index (χ1) is 9.20. The average molecular weight is 278 g/mol. The summed E-state index contributed by atoms with van der Waals surface area (Å²) in [6, 6.07) is 8.15. The van der Waals surface area contributed by atoms with E-state index in [-0.39, 0.29) is 5.91 Å². The van der Waals surface area contributed by atoms with Crippen molar-refractivity contribution in [3.05, 3.63) is 35.4 Å². The number of hydrogen-bond donors (Lipinski definition) is 2. The molecule has 2 unspecified atom stereocenters. The van der Waals surface area contributed by atoms with E-state index in [4.69, 9.17) is 5.73 Å². The van der Waals surface area contributed by atoms with E-state index in [1.807, 2.05) is 18.2 Å². The third-order valence-corrected chi connectivity index (χ3v) is 4.88. The van der Waals surface area contributed by atoms with Crippen LogP contribution >= 0.6 is 11.8 Å². The molecule has 0 spiro atoms. The molecule has 19 heavy (non-hydrogen) atoms. The van der Waals surface area contributed by atoms with Gasteiger partial charge in [0, 0.05) is 23.4 Å². The van der Waals surface area contributed by atoms with Crippen molar-refractivity contribution in [2.75, 3.05) is 5.75 Å². The highest BCUT2D eigenvalue weighted by molar-refractivity contribution is 7.99. The van der Waals surface area contributed by atoms with Crippen molar-refractivity contribution >= 4 is 17.7 Å². The van der Waals surface area contributed by atoms with E-state index in [2.05, 4.69) is 24.0 Å². The Hall–Kier alpha value is -1.00. The van der Waals surface area contributed by atoms with E-state index in [0.717, 1.165) is 17.4 Å². The van der Waals surface area contributed by atoms with Crippen molar-refractivity contribution in [3.8, 4) is 0 Å². The number of primary amides is 1. The maximum absolute atomic E-state index is 11.3. The first-order valence-corrected chi connectivity index (χ1v) is 7.98. The Balaban J connectivity index is 1.88. The Morgan fingerprint density at radius 1 is 1.42 bits per heavy atom. The predicted molar refractivity (Wildman–Crippen MR) is 81.4 cm³/mol. The van der Waals surface area contributed by atoms with E-state index >= 15 is 0 Å². The SMILES string of the molecule is CCSC1CCC(NCc2ccccc2C(N)=O)C1. The minimum absolute atomic E-state index is 0.344. The number of rotatable bonds is 6. The van der Waals surface area contributed by atoms with Gasteiger partial charge in [-0.05, 0) is 36.6 Å². The van der Waals surface area contributed by atoms with Crippen molar-refractivity contribution in [1.82, 2.24) is 5.32 Å². The summed E-state index contributed by atoms with van der Waals surface area (Å²) in [6.45, 7) is 2.95. The van der Waals surface area contributed by atoms with Crippen molar-refractivity contribution in [3.63, 3.8) is 0 Å². The zero-order valence-corrected chi connectivity index (χ0v) is 12.2. The fourth-order valence-corrected chi connectivity index (χ4v) is 3.82. The van der Waals surface area contributed by atoms with Crippen molar-refractivity contribution in [1.29, 1.82) is 0 Å². The summed E-state index contributed by atoms with van der Waals surface area (Å²) in [7, 11) is 0. The number of carbonyl (C=O) groups is 1. The fourth-order valence-electron chi connectivity index (χ4n) is 2.68. The first kappa shape index (κ1) is 14.4. The maximum atomic E-state index is 11.3. The van der Waals surface area contributed by atoms with Gasteiger partial charge in [0.05, 0.1) is 0 Å². The molecule has 1 fully saturated rings. The fraction of sp³-hybridized carbons (Fsp3) is 0.533. The van der Waals surface area contributed by atoms with Gasteiger partial charge in [-0.3, -0.25) is 4.79 Å². The second-order valence-electron chi connectivity index (χ2n) is 4.99. The Morgan fingerprint density at radius 2 is 2.21 bits per heavy atom. The van der Waals surface area contributed by atoms with Crippen LogP contribution < -0.4 is 11.1 Å². The molecule has 4 heteroatoms. The summed E-state index contributed by atoms with van der Waals surface area (Å²) in [6.07, 6.45) is 3.77. The molecule has 2 rings (SSSR count). The standard InChI is InChI=1S/C15H22N2OS/c1-2-19-13-8-7-12(9-13)17-10-11-5-3-4-6-14(11)15(16)18/h3-6,12-13,17H,2,7-10H2,1H3,(H2,16,18). The highest BCUT2D eigenvalue weighted by Gasteiger charge is 2.24. The number of hydrogen-bond acceptors (Lipinski definition) is 3. The second kappa shape index (κ2) is 6.96. The molecule has 1 aliphatic rings. The summed E-state index contributed by atoms with van der Waals surface area (Å²) in [5.41, 5.74) is 7.02. The number of nitrogens with one attached hydrogen (secondary N) is 1. The first-order valence-electron chi connectivity index (χ1n) is 6.93. The topological polar surface area (TPSA) is 55.1 Å². The number of benzene rings is 1. The van der Waals surface area contributed by atoms with Gasteiger partial charge in [-0.2, -0.15) is 11.8 Å². The molecule has 0 bridgehead atoms. The lowest BCUT2D eigenvalue weighted by Gasteiger charge is -2.14. The number of amides is 1. The summed E-state index contributed by atoms with van der Waals surface area (Å²) in [5, 5.41) is 4.36. The summed E-state index contributed by atoms with van der Waals surface area (Å²) < 4.78 is 0. The van der Waals surface area contributed by atoms with Crippen LogP contribution in [0.4, 0.5) is 0 Å². The third-order valence-electron chi connectivity index (χ3n) is 3.65. The zero-order valence-electron chi connectivity index (χ0n) is 11.4. The normalized spacial score (nSPS) is 22.6. The predicted octanol–water partition coefficient (Wildman–Crippen LogP) is 2.55. The zero-order chi connectivity index (χ0) is 13.7. The van der Waals surface area contributed by atoms with Gasteiger partial charge in [0.1, 0.15) is 0 Å². The van der Waals surface area contributed by atoms with E-state index in [9.17, 15) is 4.79 Å². The molecular formula is C15H22N2OS. The van der Waals surface area contributed by atoms with Crippen LogP contribution in [0.25, 0.3) is 0 Å². The van der Waals surface area contributed by atoms with Crippen molar-refractivity contribution in [2.24, 2.45) is 5.73 Å². The second-order valence-corrected chi connectivity index (χ2v) is 6.57. The largest absolute Gasteiger partial charge is 0.366 e. The molecule has 0 heterocycles. The molecule has 3 N–H and O–H groups in total. The molecule has 0 aliphatic heterocycles. The molecule has 0 saturated heterocycles. The van der Waals surface area contributed by atoms with Crippen LogP contribution in [-0.4, -0.2) is 23.0 Å². The molecule has 1 aromatic rings. The lowest BCUT2D eigenvalue weighted by molar-refractivity contribution is 0.0999. The molecule has 1 saturated carbocycles. The van der Waals surface area contributed by atoms with Crippen molar-refractivity contribution < 1.29 is 4.79 Å². The number of nitrogens with two attached hydrogens (primary N) is 1. The van der Waals surface area contributed by atoms with E-state index in [1.165, 1.54) is 25.0 Å². The average Bonchev–Trinajstić information content (AvgIpc) is 2.85. The van der Waals surface area contributed by atoms with Crippen LogP contribution in [0, 0.1) is 0 Å². The van der Waals surface area contributed by atoms with Gasteiger partial charge in [-0.25, -0.2) is 0 Å². The van der Waals surface area contributed by atoms with Crippen molar-refractivity contribution in [2.45, 2.75) is 44.0 Å². The Kier molecular flexibility index (Phi) is 5.28. The molecule has 1 aliphatic carbocycles. The number of carbonyl (C=O) groups excluding carboxylic acids is 1. The third kappa shape index (κ3) is 3.98. The molecule has 1 amide bonds. The molecule has 0 radical (unpaired) electrons. The number of thioether (sulfide) groups is 1. The van der Waals surface area contributed by atoms with E-state index < -0.39 is 0 Å². The Morgan fingerprint density at radius 3 is 2.95 bits per heavy atom. The van der Waals surface area contributed by atoms with Gasteiger partial charge in [-0.1, -0.05) is 25.1 Å². The van der Waals surface area contributed by atoms with Gasteiger partial charge in [0.15, 0.2) is 0 Å². The molecular weight excluding hydrogens is 256 g/mol. The van der Waals surface area contributed by atoms with Gasteiger partial charge in [0.2, 0.25) is 5.91 Å². The summed E-state index contributed by atoms with van der Waals surface area (Å²) in [5.74, 6) is 0.852. The van der Waals surface area contributed by atoms with E-state index in [0.29, 0.717) is 11.6 Å². The quantitative estimate of drug-likeness (QED) is 0.841. The summed E-state index contributed by atoms with van der Waals surface area (Å²) in [4.78, 5) is 11.3. The van der Waals surface area contributed by atoms with Crippen LogP contribution in [0.2, 0.25) is 0 Å². The minimum atomic E-state index is -0.344. The van der Waals surface area contributed by atoms with Crippen LogP contribution in [0.3, 0.4) is 0 Å². The van der Waals surface area contributed by atoms with Gasteiger partial charge < -0.3 is 11.1 Å². The molecule has 3 nitrogen and oxygen atoms in total. The van der Waals surface area contributed by atoms with Crippen LogP contribution in [0.1, 0.15) is 42.1 Å². The lowest BCUT2D eigenvalue weighted by Crippen LogP contribution is -2.27. The molecule has 1 aromatic carbocycles. The smallest absolute Gasteiger partial charge is 0.249 e. The molecule has 104 valence electrons. The summed E-state index contributed by atoms with van der Waals surface area (Å²) >= 11 is 2.06. The van der Waals surface area contributed by atoms with Crippen LogP contribution in [0.5, 0.6) is 0 Å².